The minimum Gasteiger partial charge on any atom is -0.374 e. The quantitative estimate of drug-likeness (QED) is 0.273. The fraction of sp³-hybridized carbons (Fsp3) is 1.00. The molecule has 11 fully saturated rings. The summed E-state index contributed by atoms with van der Waals surface area (Å²) in [6.45, 7) is 0. The molecule has 4 saturated heterocycles. The van der Waals surface area contributed by atoms with Crippen LogP contribution in [0.5, 0.6) is 0 Å². The lowest BCUT2D eigenvalue weighted by atomic mass is 9.64. The number of nitrogens with zero attached hydrogens (tertiary/aromatic N) is 1. The lowest BCUT2D eigenvalue weighted by Crippen LogP contribution is -2.73. The van der Waals surface area contributed by atoms with Gasteiger partial charge in [0.15, 0.2) is 0 Å². The number of rotatable bonds is 4. The van der Waals surface area contributed by atoms with Gasteiger partial charge in [-0.25, -0.2) is 0 Å². The van der Waals surface area contributed by atoms with Crippen molar-refractivity contribution in [1.82, 2.24) is 20.9 Å². The molecule has 11 aliphatic rings. The zero-order valence-corrected chi connectivity index (χ0v) is 32.1. The summed E-state index contributed by atoms with van der Waals surface area (Å²) < 4.78 is 14.6. The largest absolute Gasteiger partial charge is 0.374 e. The fourth-order valence-electron chi connectivity index (χ4n) is 16.4. The highest BCUT2D eigenvalue weighted by molar-refractivity contribution is 5.14. The Balaban J connectivity index is 0.855. The van der Waals surface area contributed by atoms with Crippen LogP contribution in [0.4, 0.5) is 0 Å². The van der Waals surface area contributed by atoms with E-state index >= 15 is 0 Å². The third kappa shape index (κ3) is 5.98. The summed E-state index contributed by atoms with van der Waals surface area (Å²) in [4.78, 5) is 3.23. The molecule has 7 aliphatic carbocycles. The van der Waals surface area contributed by atoms with Gasteiger partial charge < -0.3 is 9.47 Å². The molecule has 6 nitrogen and oxygen atoms in total. The van der Waals surface area contributed by atoms with Crippen molar-refractivity contribution < 1.29 is 9.47 Å². The second-order valence-corrected chi connectivity index (χ2v) is 20.7. The number of ether oxygens (including phenoxy) is 2. The predicted octanol–water partition coefficient (Wildman–Crippen LogP) is 8.49. The van der Waals surface area contributed by atoms with E-state index in [1.54, 1.807) is 0 Å². The first-order valence-electron chi connectivity index (χ1n) is 23.6. The first kappa shape index (κ1) is 34.0. The zero-order chi connectivity index (χ0) is 33.5. The average molecular weight is 703 g/mol. The van der Waals surface area contributed by atoms with Gasteiger partial charge >= 0.3 is 0 Å². The third-order valence-corrected chi connectivity index (χ3v) is 18.5. The molecule has 0 bridgehead atoms. The highest BCUT2D eigenvalue weighted by atomic mass is 16.5. The van der Waals surface area contributed by atoms with Crippen LogP contribution in [0.25, 0.3) is 0 Å². The van der Waals surface area contributed by atoms with Crippen molar-refractivity contribution in [1.29, 1.82) is 0 Å². The van der Waals surface area contributed by atoms with Crippen LogP contribution in [0.15, 0.2) is 0 Å². The van der Waals surface area contributed by atoms with Crippen molar-refractivity contribution >= 4 is 0 Å². The highest BCUT2D eigenvalue weighted by Crippen LogP contribution is 2.59. The van der Waals surface area contributed by atoms with Crippen LogP contribution in [0.1, 0.15) is 167 Å². The van der Waals surface area contributed by atoms with Gasteiger partial charge in [0.25, 0.3) is 0 Å². The maximum atomic E-state index is 7.80. The van der Waals surface area contributed by atoms with Gasteiger partial charge in [-0.2, -0.15) is 0 Å². The smallest absolute Gasteiger partial charge is 0.0769 e. The van der Waals surface area contributed by atoms with Gasteiger partial charge in [0.2, 0.25) is 0 Å². The van der Waals surface area contributed by atoms with Crippen molar-refractivity contribution in [2.45, 2.75) is 228 Å². The van der Waals surface area contributed by atoms with Crippen molar-refractivity contribution in [2.75, 3.05) is 0 Å². The molecule has 3 N–H and O–H groups in total. The van der Waals surface area contributed by atoms with Gasteiger partial charge in [-0.3, -0.25) is 20.9 Å². The Morgan fingerprint density at radius 1 is 0.373 bits per heavy atom. The normalized spacial score (nSPS) is 53.8. The maximum Gasteiger partial charge on any atom is 0.0769 e. The summed E-state index contributed by atoms with van der Waals surface area (Å²) in [7, 11) is 0. The van der Waals surface area contributed by atoms with Crippen LogP contribution in [-0.2, 0) is 9.47 Å². The second kappa shape index (κ2) is 14.4. The molecule has 6 heteroatoms. The van der Waals surface area contributed by atoms with Crippen LogP contribution < -0.4 is 16.0 Å². The third-order valence-electron chi connectivity index (χ3n) is 18.5. The van der Waals surface area contributed by atoms with E-state index in [4.69, 9.17) is 9.47 Å². The molecular weight excluding hydrogens is 629 g/mol. The lowest BCUT2D eigenvalue weighted by molar-refractivity contribution is -0.0897. The topological polar surface area (TPSA) is 57.8 Å². The van der Waals surface area contributed by atoms with Gasteiger partial charge in [0, 0.05) is 24.0 Å². The van der Waals surface area contributed by atoms with E-state index in [9.17, 15) is 0 Å². The highest BCUT2D eigenvalue weighted by Gasteiger charge is 2.63. The van der Waals surface area contributed by atoms with Gasteiger partial charge in [-0.15, -0.1) is 0 Å². The van der Waals surface area contributed by atoms with E-state index in [0.717, 1.165) is 65.5 Å². The summed E-state index contributed by atoms with van der Waals surface area (Å²) >= 11 is 0. The number of fused-ring (bicyclic) bond motifs is 10. The van der Waals surface area contributed by atoms with Crippen LogP contribution in [-0.4, -0.2) is 65.9 Å². The Kier molecular flexibility index (Phi) is 9.59. The fourth-order valence-corrected chi connectivity index (χ4v) is 16.4. The number of hydrogen-bond donors (Lipinski definition) is 3. The first-order valence-corrected chi connectivity index (χ1v) is 23.6. The number of hydrogen-bond acceptors (Lipinski definition) is 6. The predicted molar refractivity (Wildman–Crippen MR) is 203 cm³/mol. The molecular formula is C45H74N4O2. The SMILES string of the molecule is C1CCC(C2NC(C3CCC4OC5CCCCC5C4C3)NC(C3CCCC4C5CCC6C7CCCCC7N(C7CCCCC7)C6C5OC34)N2)CC1. The van der Waals surface area contributed by atoms with Crippen LogP contribution in [0.2, 0.25) is 0 Å². The molecule has 0 aromatic carbocycles. The van der Waals surface area contributed by atoms with Crippen molar-refractivity contribution in [3.63, 3.8) is 0 Å². The summed E-state index contributed by atoms with van der Waals surface area (Å²) in [6, 6.07) is 2.43. The van der Waals surface area contributed by atoms with E-state index in [-0.39, 0.29) is 0 Å². The standard InChI is InChI=1S/C45H74N4O2/c1-3-12-27(13-4-1)43-46-44(28-22-25-39-36(26-28)31-17-8-10-21-38(31)50-39)48-45(47-43)35-19-11-18-33-34-24-23-32-30-16-7-9-20-37(30)49(29-14-5-2-6-15-29)40(32)42(34)51-41(33)35/h27-48H,1-26H2. The van der Waals surface area contributed by atoms with Crippen molar-refractivity contribution in [3.05, 3.63) is 0 Å². The van der Waals surface area contributed by atoms with Crippen LogP contribution in [0, 0.1) is 53.3 Å². The minimum atomic E-state index is 0.382. The summed E-state index contributed by atoms with van der Waals surface area (Å²) in [6.07, 6.45) is 40.3. The van der Waals surface area contributed by atoms with E-state index in [1.807, 2.05) is 0 Å². The van der Waals surface area contributed by atoms with E-state index in [1.165, 1.54) is 167 Å². The average Bonchev–Trinajstić information content (AvgIpc) is 3.88. The molecule has 0 aromatic rings. The summed E-state index contributed by atoms with van der Waals surface area (Å²) in [5.74, 6) is 7.20. The molecule has 17 unspecified atom stereocenters. The minimum absolute atomic E-state index is 0.382. The summed E-state index contributed by atoms with van der Waals surface area (Å²) in [5, 5.41) is 13.1. The Morgan fingerprint density at radius 3 is 1.86 bits per heavy atom. The van der Waals surface area contributed by atoms with Crippen LogP contribution >= 0.6 is 0 Å². The Morgan fingerprint density at radius 2 is 1.00 bits per heavy atom. The maximum absolute atomic E-state index is 7.80. The molecule has 17 atom stereocenters. The Bertz CT molecular complexity index is 1200. The lowest BCUT2D eigenvalue weighted by Gasteiger charge is -2.51. The van der Waals surface area contributed by atoms with Gasteiger partial charge in [0.05, 0.1) is 42.9 Å². The monoisotopic (exact) mass is 703 g/mol. The van der Waals surface area contributed by atoms with Gasteiger partial charge in [-0.1, -0.05) is 70.6 Å². The van der Waals surface area contributed by atoms with E-state index < -0.39 is 0 Å². The molecule has 0 spiro atoms. The molecule has 51 heavy (non-hydrogen) atoms. The van der Waals surface area contributed by atoms with Crippen molar-refractivity contribution in [2.24, 2.45) is 53.3 Å². The van der Waals surface area contributed by atoms with E-state index in [0.29, 0.717) is 48.8 Å². The number of likely N-dealkylation sites (tertiary alicyclic amines) is 1. The molecule has 0 aromatic heterocycles. The summed E-state index contributed by atoms with van der Waals surface area (Å²) in [5.41, 5.74) is 0. The van der Waals surface area contributed by atoms with E-state index in [2.05, 4.69) is 20.9 Å². The Hall–Kier alpha value is -0.240. The van der Waals surface area contributed by atoms with Gasteiger partial charge in [-0.05, 0) is 144 Å². The zero-order valence-electron chi connectivity index (χ0n) is 32.1. The molecule has 4 heterocycles. The molecule has 4 aliphatic heterocycles. The molecule has 11 rings (SSSR count). The molecule has 7 saturated carbocycles. The molecule has 286 valence electrons. The molecule has 0 amide bonds. The Labute approximate surface area is 310 Å². The van der Waals surface area contributed by atoms with Gasteiger partial charge in [0.1, 0.15) is 0 Å². The number of nitrogens with one attached hydrogen (secondary N) is 3. The second-order valence-electron chi connectivity index (χ2n) is 20.7. The van der Waals surface area contributed by atoms with Crippen LogP contribution in [0.3, 0.4) is 0 Å². The van der Waals surface area contributed by atoms with Crippen molar-refractivity contribution in [3.8, 4) is 0 Å². The molecule has 0 radical (unpaired) electrons. The first-order chi connectivity index (χ1) is 25.3.